The second-order valence-electron chi connectivity index (χ2n) is 7.47. The summed E-state index contributed by atoms with van der Waals surface area (Å²) in [5, 5.41) is 19.3. The van der Waals surface area contributed by atoms with Gasteiger partial charge in [-0.25, -0.2) is 9.67 Å². The lowest BCUT2D eigenvalue weighted by Gasteiger charge is -2.14. The van der Waals surface area contributed by atoms with Crippen molar-refractivity contribution in [2.75, 3.05) is 0 Å². The van der Waals surface area contributed by atoms with Crippen LogP contribution in [0.25, 0.3) is 21.6 Å². The molecule has 1 fully saturated rings. The predicted octanol–water partition coefficient (Wildman–Crippen LogP) is 3.72. The molecule has 0 bridgehead atoms. The van der Waals surface area contributed by atoms with Crippen LogP contribution in [-0.4, -0.2) is 37.8 Å². The van der Waals surface area contributed by atoms with Crippen LogP contribution in [0.3, 0.4) is 0 Å². The first-order chi connectivity index (χ1) is 13.4. The lowest BCUT2D eigenvalue weighted by molar-refractivity contribution is -0.141. The van der Waals surface area contributed by atoms with Gasteiger partial charge < -0.3 is 10.4 Å². The van der Waals surface area contributed by atoms with Crippen LogP contribution in [0.4, 0.5) is 0 Å². The van der Waals surface area contributed by atoms with Gasteiger partial charge in [-0.3, -0.25) is 9.59 Å². The summed E-state index contributed by atoms with van der Waals surface area (Å²) in [7, 11) is 0. The highest BCUT2D eigenvalue weighted by atomic mass is 32.1. The first kappa shape index (κ1) is 18.6. The van der Waals surface area contributed by atoms with Crippen molar-refractivity contribution in [3.05, 3.63) is 35.3 Å². The van der Waals surface area contributed by atoms with Gasteiger partial charge in [0.05, 0.1) is 33.6 Å². The van der Waals surface area contributed by atoms with Gasteiger partial charge in [0.1, 0.15) is 0 Å². The summed E-state index contributed by atoms with van der Waals surface area (Å²) in [6, 6.07) is 5.73. The number of nitrogens with one attached hydrogen (secondary N) is 1. The molecule has 1 amide bonds. The quantitative estimate of drug-likeness (QED) is 0.683. The lowest BCUT2D eigenvalue weighted by atomic mass is 10.1. The van der Waals surface area contributed by atoms with E-state index < -0.39 is 5.97 Å². The number of hydrogen-bond donors (Lipinski definition) is 2. The maximum Gasteiger partial charge on any atom is 0.306 e. The van der Waals surface area contributed by atoms with Gasteiger partial charge in [-0.15, -0.1) is 11.3 Å². The Hall–Kier alpha value is -2.74. The first-order valence-corrected chi connectivity index (χ1v) is 10.3. The maximum absolute atomic E-state index is 13.1. The van der Waals surface area contributed by atoms with Crippen molar-refractivity contribution >= 4 is 34.2 Å². The van der Waals surface area contributed by atoms with Crippen molar-refractivity contribution in [3.63, 3.8) is 0 Å². The molecule has 28 heavy (non-hydrogen) atoms. The Bertz CT molecular complexity index is 1030. The number of fused-ring (bicyclic) bond motifs is 1. The molecule has 146 valence electrons. The van der Waals surface area contributed by atoms with Crippen LogP contribution >= 0.6 is 11.3 Å². The molecule has 0 spiro atoms. The van der Waals surface area contributed by atoms with Gasteiger partial charge in [0.15, 0.2) is 5.65 Å². The van der Waals surface area contributed by atoms with E-state index in [1.165, 1.54) is 0 Å². The van der Waals surface area contributed by atoms with Gasteiger partial charge in [-0.2, -0.15) is 5.10 Å². The number of amides is 1. The molecule has 1 saturated carbocycles. The first-order valence-electron chi connectivity index (χ1n) is 9.40. The minimum Gasteiger partial charge on any atom is -0.481 e. The smallest absolute Gasteiger partial charge is 0.306 e. The molecule has 0 unspecified atom stereocenters. The van der Waals surface area contributed by atoms with E-state index in [0.29, 0.717) is 35.9 Å². The van der Waals surface area contributed by atoms with Crippen LogP contribution in [0.2, 0.25) is 0 Å². The van der Waals surface area contributed by atoms with E-state index in [4.69, 9.17) is 4.98 Å². The predicted molar refractivity (Wildman–Crippen MR) is 107 cm³/mol. The van der Waals surface area contributed by atoms with E-state index in [-0.39, 0.29) is 23.9 Å². The second-order valence-corrected chi connectivity index (χ2v) is 8.42. The standard InChI is InChI=1S/C20H22N4O3S/c1-11(2)24-18-15(10-21-24)14(9-16(23-18)17-4-3-7-28-17)19(25)22-13-6-5-12(8-13)20(26)27/h3-4,7,9-13H,5-6,8H2,1-2H3,(H,22,25)(H,26,27)/t12-,13+/m0/s1. The molecule has 0 saturated heterocycles. The van der Waals surface area contributed by atoms with Crippen LogP contribution in [0.1, 0.15) is 49.5 Å². The summed E-state index contributed by atoms with van der Waals surface area (Å²) in [5.41, 5.74) is 1.95. The van der Waals surface area contributed by atoms with Crippen molar-refractivity contribution in [1.82, 2.24) is 20.1 Å². The SMILES string of the molecule is CC(C)n1ncc2c(C(=O)N[C@@H]3CC[C@H](C(=O)O)C3)cc(-c3cccs3)nc21. The van der Waals surface area contributed by atoms with E-state index in [2.05, 4.69) is 10.4 Å². The third-order valence-corrected chi connectivity index (χ3v) is 6.08. The molecular formula is C20H22N4O3S. The second kappa shape index (κ2) is 7.35. The zero-order valence-electron chi connectivity index (χ0n) is 15.8. The largest absolute Gasteiger partial charge is 0.481 e. The van der Waals surface area contributed by atoms with Gasteiger partial charge in [0.2, 0.25) is 0 Å². The van der Waals surface area contributed by atoms with Crippen LogP contribution in [0, 0.1) is 5.92 Å². The summed E-state index contributed by atoms with van der Waals surface area (Å²) in [6.45, 7) is 4.05. The molecule has 2 N–H and O–H groups in total. The topological polar surface area (TPSA) is 97.1 Å². The number of carbonyl (C=O) groups is 2. The minimum atomic E-state index is -0.791. The number of pyridine rings is 1. The Morgan fingerprint density at radius 1 is 1.36 bits per heavy atom. The van der Waals surface area contributed by atoms with Crippen LogP contribution in [0.5, 0.6) is 0 Å². The molecule has 0 aliphatic heterocycles. The lowest BCUT2D eigenvalue weighted by Crippen LogP contribution is -2.33. The Morgan fingerprint density at radius 3 is 2.82 bits per heavy atom. The van der Waals surface area contributed by atoms with Crippen LogP contribution < -0.4 is 5.32 Å². The number of hydrogen-bond acceptors (Lipinski definition) is 5. The highest BCUT2D eigenvalue weighted by Gasteiger charge is 2.31. The summed E-state index contributed by atoms with van der Waals surface area (Å²) < 4.78 is 1.82. The van der Waals surface area contributed by atoms with Crippen molar-refractivity contribution in [1.29, 1.82) is 0 Å². The fraction of sp³-hybridized carbons (Fsp3) is 0.400. The van der Waals surface area contributed by atoms with E-state index in [0.717, 1.165) is 10.6 Å². The zero-order valence-corrected chi connectivity index (χ0v) is 16.6. The molecule has 0 radical (unpaired) electrons. The molecular weight excluding hydrogens is 376 g/mol. The number of aromatic nitrogens is 3. The van der Waals surface area contributed by atoms with Crippen molar-refractivity contribution in [2.24, 2.45) is 5.92 Å². The van der Waals surface area contributed by atoms with Crippen molar-refractivity contribution < 1.29 is 14.7 Å². The summed E-state index contributed by atoms with van der Waals surface area (Å²) >= 11 is 1.57. The van der Waals surface area contributed by atoms with Crippen molar-refractivity contribution in [2.45, 2.75) is 45.2 Å². The molecule has 8 heteroatoms. The molecule has 4 rings (SSSR count). The molecule has 2 atom stereocenters. The number of carboxylic acid groups (broad SMARTS) is 1. The van der Waals surface area contributed by atoms with E-state index in [1.54, 1.807) is 23.6 Å². The molecule has 0 aromatic carbocycles. The maximum atomic E-state index is 13.1. The normalized spacial score (nSPS) is 19.4. The molecule has 7 nitrogen and oxygen atoms in total. The van der Waals surface area contributed by atoms with Gasteiger partial charge >= 0.3 is 5.97 Å². The number of aliphatic carboxylic acids is 1. The monoisotopic (exact) mass is 398 g/mol. The summed E-state index contributed by atoms with van der Waals surface area (Å²) in [6.07, 6.45) is 3.43. The van der Waals surface area contributed by atoms with E-state index in [9.17, 15) is 14.7 Å². The average molecular weight is 398 g/mol. The Labute approximate surface area is 166 Å². The highest BCUT2D eigenvalue weighted by Crippen LogP contribution is 2.30. The summed E-state index contributed by atoms with van der Waals surface area (Å²) in [4.78, 5) is 30.0. The molecule has 3 aromatic rings. The number of nitrogens with zero attached hydrogens (tertiary/aromatic N) is 3. The van der Waals surface area contributed by atoms with Gasteiger partial charge in [0.25, 0.3) is 5.91 Å². The molecule has 3 heterocycles. The molecule has 3 aromatic heterocycles. The van der Waals surface area contributed by atoms with Crippen molar-refractivity contribution in [3.8, 4) is 10.6 Å². The fourth-order valence-electron chi connectivity index (χ4n) is 3.73. The van der Waals surface area contributed by atoms with Gasteiger partial charge in [-0.05, 0) is 50.6 Å². The molecule has 1 aliphatic carbocycles. The third kappa shape index (κ3) is 3.40. The number of rotatable bonds is 5. The fourth-order valence-corrected chi connectivity index (χ4v) is 4.42. The summed E-state index contributed by atoms with van der Waals surface area (Å²) in [5.74, 6) is -1.38. The van der Waals surface area contributed by atoms with Crippen LogP contribution in [-0.2, 0) is 4.79 Å². The molecule has 1 aliphatic rings. The van der Waals surface area contributed by atoms with Gasteiger partial charge in [0, 0.05) is 12.1 Å². The third-order valence-electron chi connectivity index (χ3n) is 5.19. The Morgan fingerprint density at radius 2 is 2.18 bits per heavy atom. The number of carboxylic acids is 1. The van der Waals surface area contributed by atoms with E-state index >= 15 is 0 Å². The number of carbonyl (C=O) groups excluding carboxylic acids is 1. The highest BCUT2D eigenvalue weighted by molar-refractivity contribution is 7.13. The van der Waals surface area contributed by atoms with Gasteiger partial charge in [-0.1, -0.05) is 6.07 Å². The minimum absolute atomic E-state index is 0.116. The Kier molecular flexibility index (Phi) is 4.89. The number of thiophene rings is 1. The average Bonchev–Trinajstić information content (AvgIpc) is 3.40. The zero-order chi connectivity index (χ0) is 19.8. The van der Waals surface area contributed by atoms with E-state index in [1.807, 2.05) is 36.0 Å². The van der Waals surface area contributed by atoms with Crippen LogP contribution in [0.15, 0.2) is 29.8 Å². The Balaban J connectivity index is 1.71.